The van der Waals surface area contributed by atoms with Gasteiger partial charge in [0.1, 0.15) is 0 Å². The van der Waals surface area contributed by atoms with Gasteiger partial charge in [-0.15, -0.1) is 0 Å². The lowest BCUT2D eigenvalue weighted by molar-refractivity contribution is 0.641. The van der Waals surface area contributed by atoms with Crippen LogP contribution >= 0.6 is 27.5 Å². The van der Waals surface area contributed by atoms with Gasteiger partial charge in [0.05, 0.1) is 5.02 Å². The molecule has 0 bridgehead atoms. The summed E-state index contributed by atoms with van der Waals surface area (Å²) in [6.07, 6.45) is 2.46. The molecule has 1 aromatic rings. The highest BCUT2D eigenvalue weighted by Crippen LogP contribution is 2.22. The normalized spacial score (nSPS) is 10.5. The molecule has 1 nitrogen and oxygen atoms in total. The van der Waals surface area contributed by atoms with Crippen molar-refractivity contribution in [3.8, 4) is 0 Å². The molecule has 0 aliphatic heterocycles. The molecule has 0 heterocycles. The summed E-state index contributed by atoms with van der Waals surface area (Å²) >= 11 is 9.35. The maximum atomic E-state index is 5.98. The lowest BCUT2D eigenvalue weighted by Gasteiger charge is -2.05. The second-order valence-electron chi connectivity index (χ2n) is 3.28. The zero-order valence-electron chi connectivity index (χ0n) is 8.32. The highest BCUT2D eigenvalue weighted by atomic mass is 79.9. The van der Waals surface area contributed by atoms with Crippen molar-refractivity contribution in [3.05, 3.63) is 33.3 Å². The Kier molecular flexibility index (Phi) is 5.53. The quantitative estimate of drug-likeness (QED) is 0.802. The summed E-state index contributed by atoms with van der Waals surface area (Å²) < 4.78 is 0.955. The average molecular weight is 277 g/mol. The molecule has 0 spiro atoms. The Hall–Kier alpha value is -0.0500. The zero-order valence-corrected chi connectivity index (χ0v) is 10.7. The van der Waals surface area contributed by atoms with Crippen LogP contribution in [0.15, 0.2) is 22.7 Å². The van der Waals surface area contributed by atoms with Crippen LogP contribution in [0.25, 0.3) is 0 Å². The average Bonchev–Trinajstić information content (AvgIpc) is 2.18. The molecule has 3 heteroatoms. The molecule has 0 aliphatic rings. The van der Waals surface area contributed by atoms with E-state index in [-0.39, 0.29) is 0 Å². The molecule has 0 saturated heterocycles. The summed E-state index contributed by atoms with van der Waals surface area (Å²) in [7, 11) is 0. The molecule has 14 heavy (non-hydrogen) atoms. The molecule has 0 aromatic heterocycles. The van der Waals surface area contributed by atoms with Crippen LogP contribution in [0.2, 0.25) is 5.02 Å². The lowest BCUT2D eigenvalue weighted by Crippen LogP contribution is -2.14. The monoisotopic (exact) mass is 275 g/mol. The standard InChI is InChI=1S/C11H15BrClN/c1-2-3-6-14-8-9-4-5-10(12)11(13)7-9/h4-5,7,14H,2-3,6,8H2,1H3. The molecule has 0 radical (unpaired) electrons. The summed E-state index contributed by atoms with van der Waals surface area (Å²) in [5, 5.41) is 4.15. The van der Waals surface area contributed by atoms with Gasteiger partial charge in [-0.25, -0.2) is 0 Å². The van der Waals surface area contributed by atoms with Crippen molar-refractivity contribution in [3.63, 3.8) is 0 Å². The van der Waals surface area contributed by atoms with Gasteiger partial charge in [-0.2, -0.15) is 0 Å². The minimum absolute atomic E-state index is 0.778. The van der Waals surface area contributed by atoms with E-state index < -0.39 is 0 Å². The molecule has 0 unspecified atom stereocenters. The molecule has 0 fully saturated rings. The van der Waals surface area contributed by atoms with Crippen LogP contribution in [0.4, 0.5) is 0 Å². The Morgan fingerprint density at radius 2 is 2.21 bits per heavy atom. The van der Waals surface area contributed by atoms with Crippen LogP contribution < -0.4 is 5.32 Å². The van der Waals surface area contributed by atoms with Gasteiger partial charge < -0.3 is 5.32 Å². The van der Waals surface area contributed by atoms with Crippen LogP contribution in [-0.2, 0) is 6.54 Å². The Morgan fingerprint density at radius 1 is 1.43 bits per heavy atom. The first kappa shape index (κ1) is 12.0. The number of rotatable bonds is 5. The van der Waals surface area contributed by atoms with Gasteiger partial charge in [0, 0.05) is 11.0 Å². The first-order valence-electron chi connectivity index (χ1n) is 4.88. The van der Waals surface area contributed by atoms with Gasteiger partial charge in [-0.1, -0.05) is 31.0 Å². The van der Waals surface area contributed by atoms with E-state index in [0.29, 0.717) is 0 Å². The minimum atomic E-state index is 0.778. The molecule has 0 saturated carbocycles. The Balaban J connectivity index is 2.39. The van der Waals surface area contributed by atoms with E-state index in [1.165, 1.54) is 18.4 Å². The molecule has 0 atom stereocenters. The van der Waals surface area contributed by atoms with E-state index in [1.54, 1.807) is 0 Å². The Bertz CT molecular complexity index is 289. The lowest BCUT2D eigenvalue weighted by atomic mass is 10.2. The third-order valence-corrected chi connectivity index (χ3v) is 3.25. The number of hydrogen-bond acceptors (Lipinski definition) is 1. The van der Waals surface area contributed by atoms with Gasteiger partial charge in [0.15, 0.2) is 0 Å². The second-order valence-corrected chi connectivity index (χ2v) is 4.54. The molecule has 1 N–H and O–H groups in total. The fourth-order valence-corrected chi connectivity index (χ4v) is 1.63. The highest BCUT2D eigenvalue weighted by molar-refractivity contribution is 9.10. The van der Waals surface area contributed by atoms with E-state index >= 15 is 0 Å². The first-order valence-corrected chi connectivity index (χ1v) is 6.05. The molecular weight excluding hydrogens is 261 g/mol. The largest absolute Gasteiger partial charge is 0.313 e. The summed E-state index contributed by atoms with van der Waals surface area (Å²) in [5.41, 5.74) is 1.23. The second kappa shape index (κ2) is 6.44. The van der Waals surface area contributed by atoms with Crippen molar-refractivity contribution in [1.29, 1.82) is 0 Å². The fourth-order valence-electron chi connectivity index (χ4n) is 1.18. The van der Waals surface area contributed by atoms with Gasteiger partial charge in [-0.3, -0.25) is 0 Å². The van der Waals surface area contributed by atoms with Crippen molar-refractivity contribution in [2.45, 2.75) is 26.3 Å². The molecular formula is C11H15BrClN. The van der Waals surface area contributed by atoms with E-state index in [9.17, 15) is 0 Å². The third-order valence-electron chi connectivity index (χ3n) is 2.02. The number of hydrogen-bond donors (Lipinski definition) is 1. The van der Waals surface area contributed by atoms with E-state index in [4.69, 9.17) is 11.6 Å². The van der Waals surface area contributed by atoms with E-state index in [2.05, 4.69) is 34.2 Å². The summed E-state index contributed by atoms with van der Waals surface area (Å²) in [4.78, 5) is 0. The molecule has 0 amide bonds. The van der Waals surface area contributed by atoms with Crippen LogP contribution in [-0.4, -0.2) is 6.54 Å². The minimum Gasteiger partial charge on any atom is -0.313 e. The maximum Gasteiger partial charge on any atom is 0.0551 e. The molecule has 1 rings (SSSR count). The third kappa shape index (κ3) is 3.99. The van der Waals surface area contributed by atoms with Crippen molar-refractivity contribution in [2.75, 3.05) is 6.54 Å². The predicted molar refractivity (Wildman–Crippen MR) is 65.8 cm³/mol. The van der Waals surface area contributed by atoms with Crippen LogP contribution in [0.1, 0.15) is 25.3 Å². The first-order chi connectivity index (χ1) is 6.74. The van der Waals surface area contributed by atoms with Crippen LogP contribution in [0.5, 0.6) is 0 Å². The molecule has 0 aliphatic carbocycles. The van der Waals surface area contributed by atoms with Crippen LogP contribution in [0, 0.1) is 0 Å². The maximum absolute atomic E-state index is 5.98. The topological polar surface area (TPSA) is 12.0 Å². The van der Waals surface area contributed by atoms with Crippen LogP contribution in [0.3, 0.4) is 0 Å². The van der Waals surface area contributed by atoms with Crippen molar-refractivity contribution in [1.82, 2.24) is 5.32 Å². The smallest absolute Gasteiger partial charge is 0.0551 e. The predicted octanol–water partition coefficient (Wildman–Crippen LogP) is 3.99. The van der Waals surface area contributed by atoms with Crippen molar-refractivity contribution in [2.24, 2.45) is 0 Å². The Morgan fingerprint density at radius 3 is 2.86 bits per heavy atom. The highest BCUT2D eigenvalue weighted by Gasteiger charge is 1.98. The number of halogens is 2. The number of unbranched alkanes of at least 4 members (excludes halogenated alkanes) is 1. The number of benzene rings is 1. The molecule has 78 valence electrons. The SMILES string of the molecule is CCCCNCc1ccc(Br)c(Cl)c1. The molecule has 1 aromatic carbocycles. The van der Waals surface area contributed by atoms with E-state index in [0.717, 1.165) is 22.6 Å². The Labute approximate surface area is 99.0 Å². The number of nitrogens with one attached hydrogen (secondary N) is 1. The fraction of sp³-hybridized carbons (Fsp3) is 0.455. The van der Waals surface area contributed by atoms with Gasteiger partial charge in [0.2, 0.25) is 0 Å². The van der Waals surface area contributed by atoms with E-state index in [1.807, 2.05) is 12.1 Å². The van der Waals surface area contributed by atoms with Gasteiger partial charge >= 0.3 is 0 Å². The summed E-state index contributed by atoms with van der Waals surface area (Å²) in [6, 6.07) is 6.05. The zero-order chi connectivity index (χ0) is 10.4. The summed E-state index contributed by atoms with van der Waals surface area (Å²) in [6.45, 7) is 4.16. The van der Waals surface area contributed by atoms with Gasteiger partial charge in [-0.05, 0) is 46.6 Å². The van der Waals surface area contributed by atoms with Crippen molar-refractivity contribution >= 4 is 27.5 Å². The summed E-state index contributed by atoms with van der Waals surface area (Å²) in [5.74, 6) is 0. The van der Waals surface area contributed by atoms with Gasteiger partial charge in [0.25, 0.3) is 0 Å². The van der Waals surface area contributed by atoms with Crippen molar-refractivity contribution < 1.29 is 0 Å².